The quantitative estimate of drug-likeness (QED) is 0.299. The summed E-state index contributed by atoms with van der Waals surface area (Å²) in [6.45, 7) is 6.43. The summed E-state index contributed by atoms with van der Waals surface area (Å²) in [5, 5.41) is 21.7. The van der Waals surface area contributed by atoms with Crippen LogP contribution in [0, 0.1) is 10.8 Å². The maximum Gasteiger partial charge on any atom is 0.331 e. The molecule has 0 amide bonds. The molecular formula is C29H36O9. The molecule has 206 valence electrons. The van der Waals surface area contributed by atoms with Crippen molar-refractivity contribution < 1.29 is 43.5 Å². The lowest BCUT2D eigenvalue weighted by Gasteiger charge is -2.58. The van der Waals surface area contributed by atoms with E-state index in [0.717, 1.165) is 6.42 Å². The van der Waals surface area contributed by atoms with E-state index in [0.29, 0.717) is 31.4 Å². The van der Waals surface area contributed by atoms with Gasteiger partial charge in [0.15, 0.2) is 0 Å². The summed E-state index contributed by atoms with van der Waals surface area (Å²) < 4.78 is 30.6. The fourth-order valence-electron chi connectivity index (χ4n) is 7.68. The van der Waals surface area contributed by atoms with E-state index in [1.165, 1.54) is 36.8 Å². The summed E-state index contributed by atoms with van der Waals surface area (Å²) >= 11 is 0. The first kappa shape index (κ1) is 26.0. The highest BCUT2D eigenvalue weighted by Crippen LogP contribution is 2.72. The molecule has 4 heterocycles. The second kappa shape index (κ2) is 8.86. The second-order valence-corrected chi connectivity index (χ2v) is 11.8. The lowest BCUT2D eigenvalue weighted by atomic mass is 9.51. The summed E-state index contributed by atoms with van der Waals surface area (Å²) in [6.07, 6.45) is 8.21. The minimum atomic E-state index is -1.47. The van der Waals surface area contributed by atoms with E-state index in [1.54, 1.807) is 6.08 Å². The molecule has 4 aliphatic heterocycles. The lowest BCUT2D eigenvalue weighted by Crippen LogP contribution is -2.66. The van der Waals surface area contributed by atoms with Gasteiger partial charge in [-0.3, -0.25) is 0 Å². The number of hydrogen-bond acceptors (Lipinski definition) is 9. The Morgan fingerprint density at radius 3 is 2.61 bits per heavy atom. The monoisotopic (exact) mass is 528 g/mol. The van der Waals surface area contributed by atoms with Crippen LogP contribution in [-0.2, 0) is 33.3 Å². The molecule has 38 heavy (non-hydrogen) atoms. The zero-order valence-corrected chi connectivity index (χ0v) is 22.1. The highest BCUT2D eigenvalue weighted by molar-refractivity contribution is 5.83. The fourth-order valence-corrected chi connectivity index (χ4v) is 7.68. The van der Waals surface area contributed by atoms with Gasteiger partial charge in [-0.25, -0.2) is 9.59 Å². The van der Waals surface area contributed by atoms with Gasteiger partial charge >= 0.3 is 11.9 Å². The third-order valence-electron chi connectivity index (χ3n) is 10.1. The first-order chi connectivity index (χ1) is 18.1. The Kier molecular flexibility index (Phi) is 6.05. The zero-order chi connectivity index (χ0) is 26.9. The van der Waals surface area contributed by atoms with Gasteiger partial charge in [-0.15, -0.1) is 0 Å². The SMILES string of the molecule is CC1=C[C@H]2O[C@@H]3C[C@H]4OC(=O)/C=C\C=C\[C@]5([C@H](C)O)OCC/C(=C\C(=O)OC[C@@]2(CC1)[C@]4(C)[C@@]31CO1)[C@@H]5O. The number of allylic oxidation sites excluding steroid dienone is 3. The zero-order valence-electron chi connectivity index (χ0n) is 22.1. The van der Waals surface area contributed by atoms with E-state index in [2.05, 4.69) is 19.9 Å². The van der Waals surface area contributed by atoms with Gasteiger partial charge in [0.1, 0.15) is 30.0 Å². The summed E-state index contributed by atoms with van der Waals surface area (Å²) in [5.74, 6) is -1.10. The van der Waals surface area contributed by atoms with Crippen LogP contribution in [0.3, 0.4) is 0 Å². The minimum Gasteiger partial charge on any atom is -0.462 e. The predicted octanol–water partition coefficient (Wildman–Crippen LogP) is 2.07. The number of fused-ring (bicyclic) bond motifs is 2. The minimum absolute atomic E-state index is 0.0519. The molecule has 3 saturated heterocycles. The van der Waals surface area contributed by atoms with Crippen LogP contribution in [0.2, 0.25) is 0 Å². The van der Waals surface area contributed by atoms with Crippen LogP contribution in [0.5, 0.6) is 0 Å². The molecule has 0 aromatic carbocycles. The first-order valence-electron chi connectivity index (χ1n) is 13.5. The molecule has 0 radical (unpaired) electrons. The molecule has 0 unspecified atom stereocenters. The van der Waals surface area contributed by atoms with Gasteiger partial charge in [-0.2, -0.15) is 0 Å². The molecule has 2 aliphatic carbocycles. The van der Waals surface area contributed by atoms with Crippen molar-refractivity contribution in [2.24, 2.45) is 10.8 Å². The van der Waals surface area contributed by atoms with Crippen molar-refractivity contribution in [1.29, 1.82) is 0 Å². The van der Waals surface area contributed by atoms with E-state index in [1.807, 2.05) is 0 Å². The standard InChI is InChI=1S/C29H36O9/c1-17-7-10-27-15-34-24(32)13-19-8-11-35-28(18(2)30,25(19)33)9-5-4-6-23(31)38-20-14-22(37-21(27)12-17)29(16-36-29)26(20,27)3/h4-6,9,12-13,18,20-22,25,30,33H,7-8,10-11,14-16H2,1-3H3/b6-4-,9-5+,19-13+/t18-,20+,21+,22+,25-,26+,27+,28+,29+/m0/s1. The van der Waals surface area contributed by atoms with Crippen LogP contribution < -0.4 is 0 Å². The molecule has 6 rings (SSSR count). The number of epoxide rings is 1. The van der Waals surface area contributed by atoms with Crippen molar-refractivity contribution in [1.82, 2.24) is 0 Å². The van der Waals surface area contributed by atoms with Crippen molar-refractivity contribution in [3.8, 4) is 0 Å². The molecule has 2 spiro atoms. The van der Waals surface area contributed by atoms with E-state index >= 15 is 0 Å². The molecule has 4 bridgehead atoms. The van der Waals surface area contributed by atoms with Crippen LogP contribution in [0.15, 0.2) is 47.6 Å². The average molecular weight is 529 g/mol. The van der Waals surface area contributed by atoms with Gasteiger partial charge in [0.2, 0.25) is 0 Å². The number of rotatable bonds is 1. The van der Waals surface area contributed by atoms with Gasteiger partial charge in [0, 0.05) is 24.0 Å². The summed E-state index contributed by atoms with van der Waals surface area (Å²) in [4.78, 5) is 26.2. The van der Waals surface area contributed by atoms with Gasteiger partial charge in [-0.05, 0) is 44.8 Å². The number of ether oxygens (including phenoxy) is 5. The number of aliphatic hydroxyl groups is 2. The Hall–Kier alpha value is -2.30. The molecule has 1 saturated carbocycles. The number of esters is 2. The average Bonchev–Trinajstić information content (AvgIpc) is 3.65. The number of carbonyl (C=O) groups is 2. The first-order valence-corrected chi connectivity index (χ1v) is 13.5. The smallest absolute Gasteiger partial charge is 0.331 e. The highest BCUT2D eigenvalue weighted by Gasteiger charge is 2.83. The van der Waals surface area contributed by atoms with Crippen LogP contribution in [0.4, 0.5) is 0 Å². The van der Waals surface area contributed by atoms with E-state index in [-0.39, 0.29) is 25.4 Å². The Balaban J connectivity index is 1.44. The van der Waals surface area contributed by atoms with Gasteiger partial charge in [0.05, 0.1) is 36.9 Å². The van der Waals surface area contributed by atoms with Crippen LogP contribution in [0.25, 0.3) is 0 Å². The molecule has 9 nitrogen and oxygen atoms in total. The van der Waals surface area contributed by atoms with E-state index in [4.69, 9.17) is 23.7 Å². The van der Waals surface area contributed by atoms with Crippen molar-refractivity contribution in [2.75, 3.05) is 19.8 Å². The third kappa shape index (κ3) is 3.48. The van der Waals surface area contributed by atoms with Crippen LogP contribution >= 0.6 is 0 Å². The van der Waals surface area contributed by atoms with Gasteiger partial charge < -0.3 is 33.9 Å². The van der Waals surface area contributed by atoms with Crippen molar-refractivity contribution in [3.63, 3.8) is 0 Å². The molecule has 4 fully saturated rings. The second-order valence-electron chi connectivity index (χ2n) is 11.8. The topological polar surface area (TPSA) is 124 Å². The maximum atomic E-state index is 13.2. The molecule has 9 atom stereocenters. The van der Waals surface area contributed by atoms with Crippen molar-refractivity contribution >= 4 is 11.9 Å². The number of carbonyl (C=O) groups excluding carboxylic acids is 2. The molecule has 2 N–H and O–H groups in total. The number of cyclic esters (lactones) is 1. The highest BCUT2D eigenvalue weighted by atomic mass is 16.6. The van der Waals surface area contributed by atoms with Crippen molar-refractivity contribution in [3.05, 3.63) is 47.6 Å². The number of hydrogen-bond donors (Lipinski definition) is 2. The molecule has 0 aromatic rings. The Morgan fingerprint density at radius 2 is 1.87 bits per heavy atom. The lowest BCUT2D eigenvalue weighted by molar-refractivity contribution is -0.232. The number of aliphatic hydroxyl groups excluding tert-OH is 2. The summed E-state index contributed by atoms with van der Waals surface area (Å²) in [5.41, 5.74) is -1.76. The molecular weight excluding hydrogens is 492 g/mol. The van der Waals surface area contributed by atoms with E-state index in [9.17, 15) is 19.8 Å². The third-order valence-corrected chi connectivity index (χ3v) is 10.1. The molecule has 9 heteroatoms. The predicted molar refractivity (Wildman–Crippen MR) is 134 cm³/mol. The van der Waals surface area contributed by atoms with Crippen LogP contribution in [-0.4, -0.2) is 83.7 Å². The van der Waals surface area contributed by atoms with E-state index < -0.39 is 52.3 Å². The van der Waals surface area contributed by atoms with Gasteiger partial charge in [0.25, 0.3) is 0 Å². The largest absolute Gasteiger partial charge is 0.462 e. The Bertz CT molecular complexity index is 1150. The molecule has 6 aliphatic rings. The molecule has 0 aromatic heterocycles. The Labute approximate surface area is 222 Å². The van der Waals surface area contributed by atoms with Crippen LogP contribution in [0.1, 0.15) is 46.5 Å². The summed E-state index contributed by atoms with van der Waals surface area (Å²) in [7, 11) is 0. The van der Waals surface area contributed by atoms with Crippen molar-refractivity contribution in [2.45, 2.75) is 88.2 Å². The van der Waals surface area contributed by atoms with Gasteiger partial charge in [-0.1, -0.05) is 30.7 Å². The fraction of sp³-hybridized carbons (Fsp3) is 0.655. The summed E-state index contributed by atoms with van der Waals surface area (Å²) in [6, 6.07) is 0. The Morgan fingerprint density at radius 1 is 1.08 bits per heavy atom. The normalized spacial score (nSPS) is 50.0. The maximum absolute atomic E-state index is 13.2.